The summed E-state index contributed by atoms with van der Waals surface area (Å²) < 4.78 is 10.6. The highest BCUT2D eigenvalue weighted by Gasteiger charge is 2.27. The number of nitrogens with zero attached hydrogens (tertiary/aromatic N) is 2. The van der Waals surface area contributed by atoms with Gasteiger partial charge in [-0.3, -0.25) is 10.1 Å². The fraction of sp³-hybridized carbons (Fsp3) is 0.267. The van der Waals surface area contributed by atoms with Gasteiger partial charge in [-0.1, -0.05) is 18.2 Å². The van der Waals surface area contributed by atoms with Crippen molar-refractivity contribution in [3.05, 3.63) is 42.7 Å². The van der Waals surface area contributed by atoms with Crippen LogP contribution in [0.25, 0.3) is 0 Å². The third kappa shape index (κ3) is 4.00. The minimum absolute atomic E-state index is 0.200. The van der Waals surface area contributed by atoms with E-state index in [0.29, 0.717) is 11.5 Å². The van der Waals surface area contributed by atoms with Gasteiger partial charge in [-0.25, -0.2) is 9.97 Å². The molecule has 0 bridgehead atoms. The summed E-state index contributed by atoms with van der Waals surface area (Å²) in [5.41, 5.74) is -0.942. The summed E-state index contributed by atoms with van der Waals surface area (Å²) in [6, 6.07) is 9.31. The van der Waals surface area contributed by atoms with Gasteiger partial charge in [-0.15, -0.1) is 0 Å². The lowest BCUT2D eigenvalue weighted by atomic mass is 10.1. The first-order valence-electron chi connectivity index (χ1n) is 6.43. The number of hydrogen-bond donors (Lipinski definition) is 1. The van der Waals surface area contributed by atoms with Crippen molar-refractivity contribution in [1.82, 2.24) is 9.97 Å². The Morgan fingerprint density at radius 2 is 1.71 bits per heavy atom. The molecule has 0 fully saturated rings. The number of rotatable bonds is 5. The number of anilines is 1. The van der Waals surface area contributed by atoms with Crippen molar-refractivity contribution in [3.63, 3.8) is 0 Å². The Hall–Kier alpha value is -2.47. The largest absolute Gasteiger partial charge is 0.454 e. The molecular weight excluding hydrogens is 270 g/mol. The fourth-order valence-corrected chi connectivity index (χ4v) is 1.40. The normalized spacial score (nSPS) is 11.0. The lowest BCUT2D eigenvalue weighted by molar-refractivity contribution is -0.133. The molecular formula is C15H17N3O3. The number of nitrogens with one attached hydrogen (secondary N) is 1. The van der Waals surface area contributed by atoms with Crippen LogP contribution in [0.5, 0.6) is 11.5 Å². The molecule has 6 nitrogen and oxygen atoms in total. The summed E-state index contributed by atoms with van der Waals surface area (Å²) in [5, 5.41) is 2.58. The van der Waals surface area contributed by atoms with E-state index in [9.17, 15) is 4.79 Å². The predicted octanol–water partition coefficient (Wildman–Crippen LogP) is 2.63. The average molecular weight is 287 g/mol. The number of carbonyl (C=O) groups is 1. The second kappa shape index (κ2) is 6.32. The quantitative estimate of drug-likeness (QED) is 0.915. The Morgan fingerprint density at radius 3 is 2.29 bits per heavy atom. The molecule has 0 aliphatic rings. The molecule has 0 saturated carbocycles. The van der Waals surface area contributed by atoms with Crippen LogP contribution < -0.4 is 10.1 Å². The monoisotopic (exact) mass is 287 g/mol. The topological polar surface area (TPSA) is 73.3 Å². The number of para-hydroxylation sites is 1. The lowest BCUT2D eigenvalue weighted by Gasteiger charge is -2.20. The number of aromatic nitrogens is 2. The minimum Gasteiger partial charge on any atom is -0.454 e. The van der Waals surface area contributed by atoms with Crippen molar-refractivity contribution in [1.29, 1.82) is 0 Å². The van der Waals surface area contributed by atoms with E-state index in [4.69, 9.17) is 9.47 Å². The second-order valence-electron chi connectivity index (χ2n) is 4.83. The van der Waals surface area contributed by atoms with Crippen LogP contribution in [0.4, 0.5) is 5.95 Å². The van der Waals surface area contributed by atoms with Crippen LogP contribution in [0.15, 0.2) is 42.7 Å². The van der Waals surface area contributed by atoms with E-state index in [1.807, 2.05) is 30.3 Å². The van der Waals surface area contributed by atoms with Gasteiger partial charge in [0.1, 0.15) is 11.4 Å². The van der Waals surface area contributed by atoms with E-state index in [0.717, 1.165) is 0 Å². The van der Waals surface area contributed by atoms with Gasteiger partial charge in [-0.2, -0.15) is 0 Å². The first-order valence-corrected chi connectivity index (χ1v) is 6.43. The average Bonchev–Trinajstić information content (AvgIpc) is 2.50. The van der Waals surface area contributed by atoms with Crippen molar-refractivity contribution in [2.75, 3.05) is 12.4 Å². The minimum atomic E-state index is -0.942. The molecule has 0 spiro atoms. The van der Waals surface area contributed by atoms with E-state index >= 15 is 0 Å². The lowest BCUT2D eigenvalue weighted by Crippen LogP contribution is -2.39. The Labute approximate surface area is 123 Å². The molecule has 0 unspecified atom stereocenters. The molecule has 0 radical (unpaired) electrons. The van der Waals surface area contributed by atoms with Crippen molar-refractivity contribution < 1.29 is 14.3 Å². The van der Waals surface area contributed by atoms with E-state index in [2.05, 4.69) is 15.3 Å². The summed E-state index contributed by atoms with van der Waals surface area (Å²) in [4.78, 5) is 20.0. The van der Waals surface area contributed by atoms with Gasteiger partial charge in [-0.05, 0) is 26.0 Å². The van der Waals surface area contributed by atoms with Crippen LogP contribution in [0, 0.1) is 0 Å². The number of carbonyl (C=O) groups excluding carboxylic acids is 1. The Morgan fingerprint density at radius 1 is 1.10 bits per heavy atom. The Kier molecular flexibility index (Phi) is 4.49. The van der Waals surface area contributed by atoms with Crippen molar-refractivity contribution in [2.45, 2.75) is 19.4 Å². The highest BCUT2D eigenvalue weighted by molar-refractivity contribution is 5.95. The van der Waals surface area contributed by atoms with Crippen LogP contribution in [-0.2, 0) is 9.53 Å². The predicted molar refractivity (Wildman–Crippen MR) is 78.3 cm³/mol. The van der Waals surface area contributed by atoms with Crippen molar-refractivity contribution >= 4 is 11.9 Å². The standard InChI is InChI=1S/C15H17N3O3/c1-15(2,20-3)13(19)18-14-16-9-12(10-17-14)21-11-7-5-4-6-8-11/h4-10H,1-3H3,(H,16,17,18,19). The van der Waals surface area contributed by atoms with E-state index in [1.165, 1.54) is 19.5 Å². The molecule has 1 amide bonds. The second-order valence-corrected chi connectivity index (χ2v) is 4.83. The molecule has 2 rings (SSSR count). The smallest absolute Gasteiger partial charge is 0.258 e. The highest BCUT2D eigenvalue weighted by Crippen LogP contribution is 2.19. The summed E-state index contributed by atoms with van der Waals surface area (Å²) in [5.74, 6) is 1.07. The maximum absolute atomic E-state index is 11.9. The van der Waals surface area contributed by atoms with Gasteiger partial charge in [0.25, 0.3) is 5.91 Å². The Bertz CT molecular complexity index is 597. The van der Waals surface area contributed by atoms with E-state index in [-0.39, 0.29) is 11.9 Å². The number of methoxy groups -OCH3 is 1. The van der Waals surface area contributed by atoms with Gasteiger partial charge in [0.2, 0.25) is 5.95 Å². The SMILES string of the molecule is COC(C)(C)C(=O)Nc1ncc(Oc2ccccc2)cn1. The van der Waals surface area contributed by atoms with Gasteiger partial charge in [0.05, 0.1) is 12.4 Å². The molecule has 6 heteroatoms. The zero-order valence-corrected chi connectivity index (χ0v) is 12.2. The molecule has 2 aromatic rings. The van der Waals surface area contributed by atoms with Gasteiger partial charge >= 0.3 is 0 Å². The molecule has 21 heavy (non-hydrogen) atoms. The molecule has 1 aromatic carbocycles. The number of benzene rings is 1. The number of ether oxygens (including phenoxy) is 2. The maximum Gasteiger partial charge on any atom is 0.258 e. The summed E-state index contributed by atoms with van der Waals surface area (Å²) in [7, 11) is 1.47. The molecule has 1 heterocycles. The third-order valence-electron chi connectivity index (χ3n) is 2.89. The first-order chi connectivity index (χ1) is 10.0. The summed E-state index contributed by atoms with van der Waals surface area (Å²) >= 11 is 0. The molecule has 1 N–H and O–H groups in total. The molecule has 1 aromatic heterocycles. The van der Waals surface area contributed by atoms with E-state index in [1.54, 1.807) is 13.8 Å². The summed E-state index contributed by atoms with van der Waals surface area (Å²) in [6.07, 6.45) is 2.99. The molecule has 0 atom stereocenters. The summed E-state index contributed by atoms with van der Waals surface area (Å²) in [6.45, 7) is 3.32. The van der Waals surface area contributed by atoms with Crippen LogP contribution in [-0.4, -0.2) is 28.6 Å². The maximum atomic E-state index is 11.9. The van der Waals surface area contributed by atoms with Crippen molar-refractivity contribution in [2.24, 2.45) is 0 Å². The van der Waals surface area contributed by atoms with Crippen LogP contribution in [0.3, 0.4) is 0 Å². The molecule has 0 aliphatic heterocycles. The molecule has 110 valence electrons. The van der Waals surface area contributed by atoms with Gasteiger partial charge < -0.3 is 9.47 Å². The zero-order valence-electron chi connectivity index (χ0n) is 12.2. The third-order valence-corrected chi connectivity index (χ3v) is 2.89. The fourth-order valence-electron chi connectivity index (χ4n) is 1.40. The van der Waals surface area contributed by atoms with Crippen molar-refractivity contribution in [3.8, 4) is 11.5 Å². The zero-order chi connectivity index (χ0) is 15.3. The van der Waals surface area contributed by atoms with E-state index < -0.39 is 5.60 Å². The van der Waals surface area contributed by atoms with Gasteiger partial charge in [0.15, 0.2) is 5.75 Å². The van der Waals surface area contributed by atoms with Crippen LogP contribution in [0.1, 0.15) is 13.8 Å². The van der Waals surface area contributed by atoms with Crippen LogP contribution >= 0.6 is 0 Å². The molecule has 0 saturated heterocycles. The number of hydrogen-bond acceptors (Lipinski definition) is 5. The van der Waals surface area contributed by atoms with Gasteiger partial charge in [0, 0.05) is 7.11 Å². The number of amides is 1. The highest BCUT2D eigenvalue weighted by atomic mass is 16.5. The molecule has 0 aliphatic carbocycles. The first kappa shape index (κ1) is 14.9. The Balaban J connectivity index is 2.01. The van der Waals surface area contributed by atoms with Crippen LogP contribution in [0.2, 0.25) is 0 Å².